The fourth-order valence-electron chi connectivity index (χ4n) is 3.08. The maximum Gasteiger partial charge on any atom is 0.146 e. The molecule has 0 aromatic heterocycles. The molecule has 1 saturated heterocycles. The molecular weight excluding hydrogens is 275 g/mol. The standard InChI is InChI=1S/C19H23FN2/c1-16-8-9-19(18(20)14-16)22-11-5-10-21(12-13-22)15-17-6-3-2-4-7-17/h2-4,6-9,14H,5,10-13,15H2,1H3. The molecule has 2 aromatic rings. The third kappa shape index (κ3) is 3.66. The van der Waals surface area contributed by atoms with E-state index in [1.807, 2.05) is 25.1 Å². The van der Waals surface area contributed by atoms with Gasteiger partial charge >= 0.3 is 0 Å². The highest BCUT2D eigenvalue weighted by Gasteiger charge is 2.17. The van der Waals surface area contributed by atoms with E-state index in [1.54, 1.807) is 6.07 Å². The Kier molecular flexibility index (Phi) is 4.74. The molecule has 2 aromatic carbocycles. The van der Waals surface area contributed by atoms with Gasteiger partial charge in [0.2, 0.25) is 0 Å². The number of rotatable bonds is 3. The van der Waals surface area contributed by atoms with E-state index in [2.05, 4.69) is 34.1 Å². The van der Waals surface area contributed by atoms with Crippen molar-refractivity contribution in [1.29, 1.82) is 0 Å². The topological polar surface area (TPSA) is 6.48 Å². The van der Waals surface area contributed by atoms with E-state index in [0.717, 1.165) is 50.4 Å². The Morgan fingerprint density at radius 3 is 2.55 bits per heavy atom. The van der Waals surface area contributed by atoms with E-state index in [-0.39, 0.29) is 5.82 Å². The number of halogens is 1. The average Bonchev–Trinajstić information content (AvgIpc) is 2.74. The molecule has 1 heterocycles. The molecule has 1 fully saturated rings. The van der Waals surface area contributed by atoms with Gasteiger partial charge in [-0.15, -0.1) is 0 Å². The maximum atomic E-state index is 14.2. The van der Waals surface area contributed by atoms with Crippen molar-refractivity contribution in [2.75, 3.05) is 31.1 Å². The van der Waals surface area contributed by atoms with Gasteiger partial charge in [0.25, 0.3) is 0 Å². The minimum Gasteiger partial charge on any atom is -0.368 e. The maximum absolute atomic E-state index is 14.2. The first-order chi connectivity index (χ1) is 10.7. The second-order valence-corrected chi connectivity index (χ2v) is 6.06. The zero-order valence-corrected chi connectivity index (χ0v) is 13.1. The van der Waals surface area contributed by atoms with Crippen LogP contribution in [-0.4, -0.2) is 31.1 Å². The summed E-state index contributed by atoms with van der Waals surface area (Å²) >= 11 is 0. The predicted octanol–water partition coefficient (Wildman–Crippen LogP) is 3.85. The second-order valence-electron chi connectivity index (χ2n) is 6.06. The average molecular weight is 298 g/mol. The molecule has 1 aliphatic rings. The minimum absolute atomic E-state index is 0.100. The van der Waals surface area contributed by atoms with E-state index in [4.69, 9.17) is 0 Å². The quantitative estimate of drug-likeness (QED) is 0.849. The summed E-state index contributed by atoms with van der Waals surface area (Å²) in [5, 5.41) is 0. The van der Waals surface area contributed by atoms with Gasteiger partial charge in [0.05, 0.1) is 5.69 Å². The fraction of sp³-hybridized carbons (Fsp3) is 0.368. The first-order valence-corrected chi connectivity index (χ1v) is 8.00. The Labute approximate surface area is 132 Å². The first-order valence-electron chi connectivity index (χ1n) is 8.00. The van der Waals surface area contributed by atoms with Crippen molar-refractivity contribution < 1.29 is 4.39 Å². The lowest BCUT2D eigenvalue weighted by molar-refractivity contribution is 0.285. The summed E-state index contributed by atoms with van der Waals surface area (Å²) in [7, 11) is 0. The number of hydrogen-bond acceptors (Lipinski definition) is 2. The molecule has 22 heavy (non-hydrogen) atoms. The molecule has 0 atom stereocenters. The van der Waals surface area contributed by atoms with Crippen LogP contribution in [0.1, 0.15) is 17.5 Å². The lowest BCUT2D eigenvalue weighted by atomic mass is 10.2. The molecule has 3 rings (SSSR count). The molecule has 0 amide bonds. The first kappa shape index (κ1) is 15.0. The summed E-state index contributed by atoms with van der Waals surface area (Å²) < 4.78 is 14.2. The predicted molar refractivity (Wildman–Crippen MR) is 89.7 cm³/mol. The van der Waals surface area contributed by atoms with Crippen LogP contribution in [0.25, 0.3) is 0 Å². The third-order valence-corrected chi connectivity index (χ3v) is 4.28. The monoisotopic (exact) mass is 298 g/mol. The van der Waals surface area contributed by atoms with Crippen molar-refractivity contribution in [2.45, 2.75) is 19.9 Å². The summed E-state index contributed by atoms with van der Waals surface area (Å²) in [4.78, 5) is 4.64. The van der Waals surface area contributed by atoms with Crippen LogP contribution in [-0.2, 0) is 6.54 Å². The van der Waals surface area contributed by atoms with Crippen LogP contribution in [0.15, 0.2) is 48.5 Å². The molecule has 0 unspecified atom stereocenters. The highest BCUT2D eigenvalue weighted by atomic mass is 19.1. The van der Waals surface area contributed by atoms with Crippen LogP contribution in [0.2, 0.25) is 0 Å². The van der Waals surface area contributed by atoms with Crippen molar-refractivity contribution >= 4 is 5.69 Å². The highest BCUT2D eigenvalue weighted by molar-refractivity contribution is 5.49. The lowest BCUT2D eigenvalue weighted by Crippen LogP contribution is -2.31. The molecule has 0 spiro atoms. The van der Waals surface area contributed by atoms with Crippen molar-refractivity contribution in [1.82, 2.24) is 4.90 Å². The molecule has 116 valence electrons. The Morgan fingerprint density at radius 1 is 0.955 bits per heavy atom. The summed E-state index contributed by atoms with van der Waals surface area (Å²) in [5.74, 6) is -0.100. The summed E-state index contributed by atoms with van der Waals surface area (Å²) in [6, 6.07) is 16.1. The van der Waals surface area contributed by atoms with E-state index >= 15 is 0 Å². The van der Waals surface area contributed by atoms with Crippen LogP contribution in [0, 0.1) is 12.7 Å². The van der Waals surface area contributed by atoms with Gasteiger partial charge in [-0.3, -0.25) is 4.90 Å². The van der Waals surface area contributed by atoms with Gasteiger partial charge < -0.3 is 4.90 Å². The minimum atomic E-state index is -0.100. The summed E-state index contributed by atoms with van der Waals surface area (Å²) in [6.07, 6.45) is 1.07. The van der Waals surface area contributed by atoms with Crippen LogP contribution in [0.3, 0.4) is 0 Å². The van der Waals surface area contributed by atoms with Gasteiger partial charge in [0, 0.05) is 32.7 Å². The smallest absolute Gasteiger partial charge is 0.146 e. The van der Waals surface area contributed by atoms with E-state index in [9.17, 15) is 4.39 Å². The molecule has 3 heteroatoms. The SMILES string of the molecule is Cc1ccc(N2CCCN(Cc3ccccc3)CC2)c(F)c1. The molecule has 0 bridgehead atoms. The van der Waals surface area contributed by atoms with Gasteiger partial charge in [-0.2, -0.15) is 0 Å². The van der Waals surface area contributed by atoms with Crippen LogP contribution >= 0.6 is 0 Å². The molecule has 0 N–H and O–H groups in total. The van der Waals surface area contributed by atoms with Crippen LogP contribution < -0.4 is 4.90 Å². The van der Waals surface area contributed by atoms with E-state index < -0.39 is 0 Å². The van der Waals surface area contributed by atoms with Crippen LogP contribution in [0.4, 0.5) is 10.1 Å². The van der Waals surface area contributed by atoms with Crippen LogP contribution in [0.5, 0.6) is 0 Å². The van der Waals surface area contributed by atoms with Crippen molar-refractivity contribution in [3.63, 3.8) is 0 Å². The summed E-state index contributed by atoms with van der Waals surface area (Å²) in [5.41, 5.74) is 3.06. The normalized spacial score (nSPS) is 16.5. The molecule has 2 nitrogen and oxygen atoms in total. The lowest BCUT2D eigenvalue weighted by Gasteiger charge is -2.24. The number of benzene rings is 2. The Morgan fingerprint density at radius 2 is 1.77 bits per heavy atom. The number of anilines is 1. The molecule has 0 radical (unpaired) electrons. The largest absolute Gasteiger partial charge is 0.368 e. The van der Waals surface area contributed by atoms with E-state index in [1.165, 1.54) is 5.56 Å². The zero-order valence-electron chi connectivity index (χ0n) is 13.1. The molecular formula is C19H23FN2. The Balaban J connectivity index is 1.64. The van der Waals surface area contributed by atoms with Gasteiger partial charge in [-0.25, -0.2) is 4.39 Å². The fourth-order valence-corrected chi connectivity index (χ4v) is 3.08. The number of hydrogen-bond donors (Lipinski definition) is 0. The van der Waals surface area contributed by atoms with Gasteiger partial charge in [0.1, 0.15) is 5.82 Å². The zero-order chi connectivity index (χ0) is 15.4. The third-order valence-electron chi connectivity index (χ3n) is 4.28. The molecule has 0 saturated carbocycles. The second kappa shape index (κ2) is 6.93. The Bertz CT molecular complexity index is 612. The number of aryl methyl sites for hydroxylation is 1. The van der Waals surface area contributed by atoms with Crippen molar-refractivity contribution in [2.24, 2.45) is 0 Å². The van der Waals surface area contributed by atoms with Gasteiger partial charge in [0.15, 0.2) is 0 Å². The van der Waals surface area contributed by atoms with Crippen molar-refractivity contribution in [3.05, 3.63) is 65.5 Å². The Hall–Kier alpha value is -1.87. The summed E-state index contributed by atoms with van der Waals surface area (Å²) in [6.45, 7) is 6.75. The molecule has 0 aliphatic carbocycles. The number of nitrogens with zero attached hydrogens (tertiary/aromatic N) is 2. The molecule has 1 aliphatic heterocycles. The van der Waals surface area contributed by atoms with E-state index in [0.29, 0.717) is 0 Å². The van der Waals surface area contributed by atoms with Crippen molar-refractivity contribution in [3.8, 4) is 0 Å². The van der Waals surface area contributed by atoms with Gasteiger partial charge in [-0.05, 0) is 36.6 Å². The highest BCUT2D eigenvalue weighted by Crippen LogP contribution is 2.22. The van der Waals surface area contributed by atoms with Gasteiger partial charge in [-0.1, -0.05) is 36.4 Å².